The molecule has 0 unspecified atom stereocenters. The zero-order valence-electron chi connectivity index (χ0n) is 7.74. The molecule has 0 aliphatic carbocycles. The van der Waals surface area contributed by atoms with Crippen LogP contribution in [-0.2, 0) is 4.74 Å². The average molecular weight is 217 g/mol. The maximum atomic E-state index is 11.1. The molecule has 0 amide bonds. The maximum absolute atomic E-state index is 11.1. The molecule has 0 saturated heterocycles. The number of benzene rings is 1. The van der Waals surface area contributed by atoms with Crippen LogP contribution in [0.4, 0.5) is 0 Å². The van der Waals surface area contributed by atoms with Crippen molar-refractivity contribution in [3.63, 3.8) is 0 Å². The van der Waals surface area contributed by atoms with Crippen LogP contribution in [0.2, 0.25) is 0 Å². The SMILES string of the molecule is COC(=O)c1ccc(OC)c(OCl)c1. The summed E-state index contributed by atoms with van der Waals surface area (Å²) in [5.74, 6) is 0.271. The van der Waals surface area contributed by atoms with Crippen molar-refractivity contribution < 1.29 is 18.6 Å². The molecule has 76 valence electrons. The van der Waals surface area contributed by atoms with Crippen molar-refractivity contribution in [1.82, 2.24) is 0 Å². The third-order valence-corrected chi connectivity index (χ3v) is 1.83. The van der Waals surface area contributed by atoms with Gasteiger partial charge in [0.15, 0.2) is 11.5 Å². The predicted octanol–water partition coefficient (Wildman–Crippen LogP) is 2.01. The van der Waals surface area contributed by atoms with Gasteiger partial charge in [-0.3, -0.25) is 0 Å². The van der Waals surface area contributed by atoms with Crippen LogP contribution in [-0.4, -0.2) is 20.2 Å². The van der Waals surface area contributed by atoms with Crippen molar-refractivity contribution in [2.45, 2.75) is 0 Å². The summed E-state index contributed by atoms with van der Waals surface area (Å²) < 4.78 is 14.0. The molecule has 14 heavy (non-hydrogen) atoms. The second-order valence-corrected chi connectivity index (χ2v) is 2.59. The first-order valence-electron chi connectivity index (χ1n) is 3.78. The lowest BCUT2D eigenvalue weighted by molar-refractivity contribution is 0.0600. The average Bonchev–Trinajstić information content (AvgIpc) is 2.26. The Kier molecular flexibility index (Phi) is 3.59. The van der Waals surface area contributed by atoms with Gasteiger partial charge in [0.2, 0.25) is 0 Å². The van der Waals surface area contributed by atoms with E-state index in [9.17, 15) is 4.79 Å². The lowest BCUT2D eigenvalue weighted by Gasteiger charge is -2.06. The zero-order chi connectivity index (χ0) is 10.6. The standard InChI is InChI=1S/C9H9ClO4/c1-12-7-4-3-6(9(11)13-2)5-8(7)14-10/h3-5H,1-2H3. The third-order valence-electron chi connectivity index (χ3n) is 1.67. The Morgan fingerprint density at radius 1 is 1.29 bits per heavy atom. The molecule has 0 spiro atoms. The Morgan fingerprint density at radius 3 is 2.50 bits per heavy atom. The highest BCUT2D eigenvalue weighted by molar-refractivity contribution is 6.09. The number of carbonyl (C=O) groups excluding carboxylic acids is 1. The number of rotatable bonds is 3. The molecule has 0 heterocycles. The fraction of sp³-hybridized carbons (Fsp3) is 0.222. The van der Waals surface area contributed by atoms with Gasteiger partial charge < -0.3 is 13.8 Å². The Bertz CT molecular complexity index is 338. The summed E-state index contributed by atoms with van der Waals surface area (Å²) >= 11 is 5.20. The lowest BCUT2D eigenvalue weighted by Crippen LogP contribution is -2.01. The maximum Gasteiger partial charge on any atom is 0.337 e. The van der Waals surface area contributed by atoms with E-state index in [0.717, 1.165) is 0 Å². The Morgan fingerprint density at radius 2 is 2.00 bits per heavy atom. The van der Waals surface area contributed by atoms with Gasteiger partial charge in [-0.05, 0) is 12.1 Å². The highest BCUT2D eigenvalue weighted by Gasteiger charge is 2.10. The van der Waals surface area contributed by atoms with Crippen LogP contribution in [0.5, 0.6) is 11.5 Å². The molecular formula is C9H9ClO4. The van der Waals surface area contributed by atoms with E-state index in [2.05, 4.69) is 9.03 Å². The normalized spacial score (nSPS) is 9.36. The highest BCUT2D eigenvalue weighted by atomic mass is 35.5. The molecule has 0 fully saturated rings. The summed E-state index contributed by atoms with van der Waals surface area (Å²) in [5, 5.41) is 0. The Hall–Kier alpha value is -1.42. The number of hydrogen-bond acceptors (Lipinski definition) is 4. The van der Waals surface area contributed by atoms with E-state index in [1.807, 2.05) is 0 Å². The van der Waals surface area contributed by atoms with Crippen LogP contribution in [0, 0.1) is 0 Å². The van der Waals surface area contributed by atoms with Gasteiger partial charge in [0, 0.05) is 6.07 Å². The van der Waals surface area contributed by atoms with E-state index in [1.165, 1.54) is 20.3 Å². The van der Waals surface area contributed by atoms with Crippen LogP contribution in [0.25, 0.3) is 0 Å². The van der Waals surface area contributed by atoms with Gasteiger partial charge in [-0.25, -0.2) is 4.79 Å². The molecule has 0 N–H and O–H groups in total. The van der Waals surface area contributed by atoms with Crippen molar-refractivity contribution >= 4 is 17.8 Å². The summed E-state index contributed by atoms with van der Waals surface area (Å²) in [7, 11) is 2.78. The molecule has 4 nitrogen and oxygen atoms in total. The van der Waals surface area contributed by atoms with E-state index in [-0.39, 0.29) is 5.75 Å². The van der Waals surface area contributed by atoms with Crippen LogP contribution < -0.4 is 9.03 Å². The summed E-state index contributed by atoms with van der Waals surface area (Å²) in [6.45, 7) is 0. The van der Waals surface area contributed by atoms with Crippen molar-refractivity contribution in [2.24, 2.45) is 0 Å². The lowest BCUT2D eigenvalue weighted by atomic mass is 10.2. The summed E-state index contributed by atoms with van der Waals surface area (Å²) in [4.78, 5) is 11.1. The van der Waals surface area contributed by atoms with E-state index < -0.39 is 5.97 Å². The van der Waals surface area contributed by atoms with Crippen LogP contribution >= 0.6 is 11.9 Å². The van der Waals surface area contributed by atoms with Crippen LogP contribution in [0.3, 0.4) is 0 Å². The van der Waals surface area contributed by atoms with Gasteiger partial charge in [-0.15, -0.1) is 0 Å². The molecule has 0 atom stereocenters. The highest BCUT2D eigenvalue weighted by Crippen LogP contribution is 2.28. The van der Waals surface area contributed by atoms with Gasteiger partial charge in [0.1, 0.15) is 11.9 Å². The third kappa shape index (κ3) is 2.09. The first-order valence-corrected chi connectivity index (χ1v) is 4.08. The molecule has 0 aliphatic heterocycles. The second kappa shape index (κ2) is 4.72. The largest absolute Gasteiger partial charge is 0.493 e. The minimum Gasteiger partial charge on any atom is -0.493 e. The molecule has 0 bridgehead atoms. The fourth-order valence-corrected chi connectivity index (χ4v) is 1.10. The first-order chi connectivity index (χ1) is 6.72. The van der Waals surface area contributed by atoms with Crippen molar-refractivity contribution in [3.8, 4) is 11.5 Å². The van der Waals surface area contributed by atoms with Crippen LogP contribution in [0.1, 0.15) is 10.4 Å². The van der Waals surface area contributed by atoms with Gasteiger partial charge in [0.05, 0.1) is 19.8 Å². The van der Waals surface area contributed by atoms with Gasteiger partial charge in [-0.2, -0.15) is 0 Å². The number of esters is 1. The molecule has 1 aromatic carbocycles. The molecular weight excluding hydrogens is 208 g/mol. The molecule has 0 radical (unpaired) electrons. The first kappa shape index (κ1) is 10.7. The molecule has 0 saturated carbocycles. The minimum atomic E-state index is -0.456. The number of halogens is 1. The molecule has 5 heteroatoms. The minimum absolute atomic E-state index is 0.275. The number of ether oxygens (including phenoxy) is 2. The van der Waals surface area contributed by atoms with E-state index in [4.69, 9.17) is 16.6 Å². The quantitative estimate of drug-likeness (QED) is 0.725. The number of methoxy groups -OCH3 is 2. The zero-order valence-corrected chi connectivity index (χ0v) is 8.50. The topological polar surface area (TPSA) is 44.8 Å². The molecule has 1 rings (SSSR count). The monoisotopic (exact) mass is 216 g/mol. The molecule has 1 aromatic rings. The van der Waals surface area contributed by atoms with Gasteiger partial charge in [0.25, 0.3) is 0 Å². The van der Waals surface area contributed by atoms with Gasteiger partial charge >= 0.3 is 5.97 Å². The van der Waals surface area contributed by atoms with Crippen molar-refractivity contribution in [1.29, 1.82) is 0 Å². The smallest absolute Gasteiger partial charge is 0.337 e. The molecule has 0 aromatic heterocycles. The van der Waals surface area contributed by atoms with Gasteiger partial charge in [-0.1, -0.05) is 0 Å². The van der Waals surface area contributed by atoms with E-state index >= 15 is 0 Å². The number of carbonyl (C=O) groups is 1. The number of hydrogen-bond donors (Lipinski definition) is 0. The van der Waals surface area contributed by atoms with E-state index in [0.29, 0.717) is 11.3 Å². The predicted molar refractivity (Wildman–Crippen MR) is 50.8 cm³/mol. The van der Waals surface area contributed by atoms with Crippen LogP contribution in [0.15, 0.2) is 18.2 Å². The Balaban J connectivity index is 3.07. The summed E-state index contributed by atoms with van der Waals surface area (Å²) in [6.07, 6.45) is 0. The summed E-state index contributed by atoms with van der Waals surface area (Å²) in [6, 6.07) is 4.58. The van der Waals surface area contributed by atoms with Crippen molar-refractivity contribution in [2.75, 3.05) is 14.2 Å². The Labute approximate surface area is 86.5 Å². The summed E-state index contributed by atoms with van der Waals surface area (Å²) in [5.41, 5.74) is 0.351. The second-order valence-electron chi connectivity index (χ2n) is 2.43. The van der Waals surface area contributed by atoms with Crippen molar-refractivity contribution in [3.05, 3.63) is 23.8 Å². The molecule has 0 aliphatic rings. The fourth-order valence-electron chi connectivity index (χ4n) is 0.982. The van der Waals surface area contributed by atoms with E-state index in [1.54, 1.807) is 12.1 Å².